The molecule has 0 bridgehead atoms. The highest BCUT2D eigenvalue weighted by Gasteiger charge is 2.33. The molecular formula is C21H14ClFN2O2. The summed E-state index contributed by atoms with van der Waals surface area (Å²) in [4.78, 5) is 25.1. The molecule has 0 radical (unpaired) electrons. The summed E-state index contributed by atoms with van der Waals surface area (Å²) in [7, 11) is 0. The van der Waals surface area contributed by atoms with Gasteiger partial charge >= 0.3 is 0 Å². The molecule has 1 aliphatic carbocycles. The van der Waals surface area contributed by atoms with Crippen LogP contribution in [0.3, 0.4) is 0 Å². The molecule has 0 aliphatic heterocycles. The maximum Gasteiger partial charge on any atom is 0.197 e. The third-order valence-corrected chi connectivity index (χ3v) is 4.95. The minimum Gasteiger partial charge on any atom is -0.288 e. The number of hydrogen-bond donors (Lipinski definition) is 0. The Hall–Kier alpha value is -3.05. The molecule has 0 unspecified atom stereocenters. The van der Waals surface area contributed by atoms with Crippen molar-refractivity contribution in [2.45, 2.75) is 13.5 Å². The zero-order valence-electron chi connectivity index (χ0n) is 14.4. The van der Waals surface area contributed by atoms with Crippen molar-refractivity contribution in [1.82, 2.24) is 9.78 Å². The monoisotopic (exact) mass is 380 g/mol. The second-order valence-electron chi connectivity index (χ2n) is 6.34. The zero-order chi connectivity index (χ0) is 19.1. The van der Waals surface area contributed by atoms with E-state index in [-0.39, 0.29) is 23.0 Å². The number of carbonyl (C=O) groups is 2. The van der Waals surface area contributed by atoms with Gasteiger partial charge in [0.05, 0.1) is 17.8 Å². The topological polar surface area (TPSA) is 52.0 Å². The first kappa shape index (κ1) is 17.4. The molecule has 0 fully saturated rings. The fourth-order valence-electron chi connectivity index (χ4n) is 3.15. The quantitative estimate of drug-likeness (QED) is 0.496. The molecule has 0 saturated carbocycles. The second-order valence-corrected chi connectivity index (χ2v) is 6.69. The number of Topliss-reactive ketones (excluding diaryl/α,β-unsaturated/α-hetero) is 2. The van der Waals surface area contributed by atoms with E-state index in [4.69, 9.17) is 11.6 Å². The molecule has 134 valence electrons. The van der Waals surface area contributed by atoms with Gasteiger partial charge in [-0.1, -0.05) is 48.0 Å². The molecule has 3 aromatic rings. The highest BCUT2D eigenvalue weighted by molar-refractivity contribution is 6.41. The molecule has 0 saturated heterocycles. The van der Waals surface area contributed by atoms with E-state index in [0.717, 1.165) is 5.56 Å². The first-order valence-corrected chi connectivity index (χ1v) is 8.71. The number of halogens is 2. The smallest absolute Gasteiger partial charge is 0.197 e. The minimum absolute atomic E-state index is 0.0857. The predicted octanol–water partition coefficient (Wildman–Crippen LogP) is 4.49. The van der Waals surface area contributed by atoms with Crippen molar-refractivity contribution in [2.24, 2.45) is 0 Å². The van der Waals surface area contributed by atoms with Crippen molar-refractivity contribution in [3.05, 3.63) is 93.0 Å². The highest BCUT2D eigenvalue weighted by atomic mass is 35.5. The number of hydrogen-bond acceptors (Lipinski definition) is 3. The zero-order valence-corrected chi connectivity index (χ0v) is 15.1. The van der Waals surface area contributed by atoms with Crippen LogP contribution < -0.4 is 0 Å². The molecule has 0 amide bonds. The molecule has 1 heterocycles. The van der Waals surface area contributed by atoms with Gasteiger partial charge in [-0.05, 0) is 30.7 Å². The molecular weight excluding hydrogens is 367 g/mol. The Morgan fingerprint density at radius 2 is 1.63 bits per heavy atom. The van der Waals surface area contributed by atoms with Crippen molar-refractivity contribution in [2.75, 3.05) is 0 Å². The molecule has 6 heteroatoms. The fourth-order valence-corrected chi connectivity index (χ4v) is 3.44. The summed E-state index contributed by atoms with van der Waals surface area (Å²) in [6.07, 6.45) is 1.51. The van der Waals surface area contributed by atoms with Crippen LogP contribution in [0.15, 0.2) is 54.1 Å². The van der Waals surface area contributed by atoms with Gasteiger partial charge in [-0.25, -0.2) is 9.07 Å². The number of nitrogens with zero attached hydrogens (tertiary/aromatic N) is 2. The summed E-state index contributed by atoms with van der Waals surface area (Å²) < 4.78 is 14.6. The van der Waals surface area contributed by atoms with Crippen LogP contribution >= 0.6 is 11.6 Å². The van der Waals surface area contributed by atoms with E-state index in [9.17, 15) is 14.0 Å². The lowest BCUT2D eigenvalue weighted by Crippen LogP contribution is -2.02. The average Bonchev–Trinajstić information content (AvgIpc) is 3.06. The van der Waals surface area contributed by atoms with E-state index in [0.29, 0.717) is 34.1 Å². The Morgan fingerprint density at radius 1 is 1.04 bits per heavy atom. The van der Waals surface area contributed by atoms with Crippen molar-refractivity contribution in [3.8, 4) is 0 Å². The number of allylic oxidation sites excluding steroid dienone is 1. The van der Waals surface area contributed by atoms with Gasteiger partial charge in [0.1, 0.15) is 11.0 Å². The molecule has 0 N–H and O–H groups in total. The third kappa shape index (κ3) is 3.00. The summed E-state index contributed by atoms with van der Waals surface area (Å²) in [6.45, 7) is 2.11. The van der Waals surface area contributed by atoms with Crippen LogP contribution in [-0.2, 0) is 6.54 Å². The van der Waals surface area contributed by atoms with Crippen LogP contribution in [-0.4, -0.2) is 21.3 Å². The Balaban J connectivity index is 1.70. The Bertz CT molecular complexity index is 1080. The first-order chi connectivity index (χ1) is 13.0. The maximum atomic E-state index is 13.1. The van der Waals surface area contributed by atoms with Gasteiger partial charge in [-0.15, -0.1) is 0 Å². The van der Waals surface area contributed by atoms with Crippen molar-refractivity contribution in [1.29, 1.82) is 0 Å². The van der Waals surface area contributed by atoms with Crippen LogP contribution in [0.5, 0.6) is 0 Å². The Kier molecular flexibility index (Phi) is 4.24. The predicted molar refractivity (Wildman–Crippen MR) is 101 cm³/mol. The number of fused-ring (bicyclic) bond motifs is 1. The van der Waals surface area contributed by atoms with Gasteiger partial charge in [0, 0.05) is 16.7 Å². The lowest BCUT2D eigenvalue weighted by molar-refractivity contribution is 0.0990. The third-order valence-electron chi connectivity index (χ3n) is 4.55. The Morgan fingerprint density at radius 3 is 2.22 bits per heavy atom. The van der Waals surface area contributed by atoms with Crippen LogP contribution in [0.4, 0.5) is 4.39 Å². The van der Waals surface area contributed by atoms with E-state index in [2.05, 4.69) is 5.10 Å². The number of carbonyl (C=O) groups excluding carboxylic acids is 2. The molecule has 27 heavy (non-hydrogen) atoms. The van der Waals surface area contributed by atoms with Gasteiger partial charge in [-0.2, -0.15) is 5.10 Å². The van der Waals surface area contributed by atoms with Gasteiger partial charge < -0.3 is 0 Å². The number of rotatable bonds is 3. The van der Waals surface area contributed by atoms with Gasteiger partial charge in [0.15, 0.2) is 11.6 Å². The van der Waals surface area contributed by atoms with E-state index in [1.54, 1.807) is 48.0 Å². The SMILES string of the molecule is Cc1nn(Cc2ccc(F)cc2)c(Cl)c1C=C1C(=O)c2ccccc2C1=O. The van der Waals surface area contributed by atoms with Crippen molar-refractivity contribution < 1.29 is 14.0 Å². The molecule has 2 aromatic carbocycles. The summed E-state index contributed by atoms with van der Waals surface area (Å²) in [5.41, 5.74) is 2.86. The normalized spacial score (nSPS) is 13.2. The fraction of sp³-hybridized carbons (Fsp3) is 0.0952. The van der Waals surface area contributed by atoms with E-state index in [1.807, 2.05) is 0 Å². The lowest BCUT2D eigenvalue weighted by atomic mass is 10.1. The molecule has 0 spiro atoms. The van der Waals surface area contributed by atoms with Crippen molar-refractivity contribution in [3.63, 3.8) is 0 Å². The second kappa shape index (κ2) is 6.59. The first-order valence-electron chi connectivity index (χ1n) is 8.33. The van der Waals surface area contributed by atoms with Gasteiger partial charge in [0.25, 0.3) is 0 Å². The molecule has 1 aliphatic rings. The summed E-state index contributed by atoms with van der Waals surface area (Å²) in [6, 6.07) is 12.8. The highest BCUT2D eigenvalue weighted by Crippen LogP contribution is 2.30. The van der Waals surface area contributed by atoms with Gasteiger partial charge in [-0.3, -0.25) is 9.59 Å². The molecule has 4 rings (SSSR count). The van der Waals surface area contributed by atoms with Crippen LogP contribution in [0.25, 0.3) is 6.08 Å². The number of aromatic nitrogens is 2. The molecule has 1 aromatic heterocycles. The average molecular weight is 381 g/mol. The molecule has 0 atom stereocenters. The lowest BCUT2D eigenvalue weighted by Gasteiger charge is -2.03. The summed E-state index contributed by atoms with van der Waals surface area (Å²) in [5.74, 6) is -0.931. The number of ketones is 2. The minimum atomic E-state index is -0.315. The summed E-state index contributed by atoms with van der Waals surface area (Å²) in [5, 5.41) is 4.71. The van der Waals surface area contributed by atoms with Crippen LogP contribution in [0.2, 0.25) is 5.15 Å². The largest absolute Gasteiger partial charge is 0.288 e. The number of benzene rings is 2. The van der Waals surface area contributed by atoms with E-state index >= 15 is 0 Å². The van der Waals surface area contributed by atoms with Gasteiger partial charge in [0.2, 0.25) is 0 Å². The molecule has 4 nitrogen and oxygen atoms in total. The van der Waals surface area contributed by atoms with Crippen molar-refractivity contribution >= 4 is 29.2 Å². The Labute approximate surface area is 159 Å². The number of aryl methyl sites for hydroxylation is 1. The summed E-state index contributed by atoms with van der Waals surface area (Å²) >= 11 is 6.46. The van der Waals surface area contributed by atoms with E-state index in [1.165, 1.54) is 18.2 Å². The standard InChI is InChI=1S/C21H14ClFN2O2/c1-12-17(10-18-19(26)15-4-2-3-5-16(15)20(18)27)21(22)25(24-12)11-13-6-8-14(23)9-7-13/h2-10H,11H2,1H3. The maximum absolute atomic E-state index is 13.1. The van der Waals surface area contributed by atoms with E-state index < -0.39 is 0 Å². The van der Waals surface area contributed by atoms with Crippen LogP contribution in [0, 0.1) is 12.7 Å². The van der Waals surface area contributed by atoms with Crippen LogP contribution in [0.1, 0.15) is 37.5 Å².